The number of hydrogen-bond acceptors (Lipinski definition) is 4. The zero-order chi connectivity index (χ0) is 17.2. The van der Waals surface area contributed by atoms with E-state index in [1.807, 2.05) is 12.1 Å². The fourth-order valence-corrected chi connectivity index (χ4v) is 4.65. The first-order valence-corrected chi connectivity index (χ1v) is 9.50. The van der Waals surface area contributed by atoms with E-state index in [-0.39, 0.29) is 12.0 Å². The normalized spacial score (nSPS) is 29.6. The molecule has 5 nitrogen and oxygen atoms in total. The van der Waals surface area contributed by atoms with E-state index in [4.69, 9.17) is 9.47 Å². The molecule has 136 valence electrons. The monoisotopic (exact) mass is 344 g/mol. The first-order valence-electron chi connectivity index (χ1n) is 9.50. The Bertz CT molecular complexity index is 615. The van der Waals surface area contributed by atoms with E-state index in [9.17, 15) is 4.79 Å². The lowest BCUT2D eigenvalue weighted by molar-refractivity contribution is -0.140. The summed E-state index contributed by atoms with van der Waals surface area (Å²) in [5.74, 6) is 1.72. The van der Waals surface area contributed by atoms with Crippen molar-refractivity contribution >= 4 is 5.91 Å². The number of ether oxygens (including phenoxy) is 2. The van der Waals surface area contributed by atoms with Gasteiger partial charge in [-0.25, -0.2) is 0 Å². The molecule has 0 aliphatic carbocycles. The van der Waals surface area contributed by atoms with Crippen molar-refractivity contribution in [3.05, 3.63) is 29.8 Å². The Hall–Kier alpha value is -1.59. The molecular formula is C20H28N2O3. The molecule has 3 atom stereocenters. The average Bonchev–Trinajstić information content (AvgIpc) is 3.32. The molecule has 4 rings (SSSR count). The number of benzene rings is 1. The summed E-state index contributed by atoms with van der Waals surface area (Å²) in [5, 5.41) is 0. The molecule has 3 aliphatic rings. The van der Waals surface area contributed by atoms with Gasteiger partial charge in [0.05, 0.1) is 19.1 Å². The number of rotatable bonds is 4. The minimum Gasteiger partial charge on any atom is -0.497 e. The van der Waals surface area contributed by atoms with Crippen LogP contribution in [-0.4, -0.2) is 61.7 Å². The van der Waals surface area contributed by atoms with Crippen LogP contribution in [0.5, 0.6) is 5.75 Å². The molecule has 0 spiro atoms. The maximum Gasteiger partial charge on any atom is 0.227 e. The standard InChI is InChI=1S/C20H28N2O3/c1-24-16-6-4-5-15(11-16)12-21-13-18(17-7-10-25-19(17)14-21)20(23)22-8-2-3-9-22/h4-6,11,17-19H,2-3,7-10,12-14H2,1H3/t17-,18-,19+/m0/s1. The van der Waals surface area contributed by atoms with Gasteiger partial charge in [-0.05, 0) is 37.0 Å². The number of nitrogens with zero attached hydrogens (tertiary/aromatic N) is 2. The molecule has 0 radical (unpaired) electrons. The van der Waals surface area contributed by atoms with Crippen molar-refractivity contribution in [3.8, 4) is 5.75 Å². The summed E-state index contributed by atoms with van der Waals surface area (Å²) in [4.78, 5) is 17.5. The van der Waals surface area contributed by atoms with Crippen molar-refractivity contribution < 1.29 is 14.3 Å². The van der Waals surface area contributed by atoms with E-state index in [1.54, 1.807) is 7.11 Å². The SMILES string of the molecule is COc1cccc(CN2C[C@H](C(=O)N3CCCC3)[C@@H]3CCO[C@@H]3C2)c1. The van der Waals surface area contributed by atoms with E-state index in [0.717, 1.165) is 64.3 Å². The second-order valence-electron chi connectivity index (χ2n) is 7.55. The average molecular weight is 344 g/mol. The van der Waals surface area contributed by atoms with Crippen molar-refractivity contribution in [3.63, 3.8) is 0 Å². The number of fused-ring (bicyclic) bond motifs is 1. The number of methoxy groups -OCH3 is 1. The highest BCUT2D eigenvalue weighted by atomic mass is 16.5. The number of carbonyl (C=O) groups excluding carboxylic acids is 1. The van der Waals surface area contributed by atoms with Gasteiger partial charge in [-0.2, -0.15) is 0 Å². The van der Waals surface area contributed by atoms with Crippen LogP contribution in [0, 0.1) is 11.8 Å². The third-order valence-corrected chi connectivity index (χ3v) is 5.95. The van der Waals surface area contributed by atoms with Crippen LogP contribution in [0.15, 0.2) is 24.3 Å². The predicted octanol–water partition coefficient (Wildman–Crippen LogP) is 2.15. The molecule has 3 fully saturated rings. The Morgan fingerprint density at radius 1 is 1.28 bits per heavy atom. The van der Waals surface area contributed by atoms with Gasteiger partial charge in [0.2, 0.25) is 5.91 Å². The minimum atomic E-state index is 0.0879. The predicted molar refractivity (Wildman–Crippen MR) is 95.4 cm³/mol. The molecule has 3 aliphatic heterocycles. The summed E-state index contributed by atoms with van der Waals surface area (Å²) in [6.07, 6.45) is 3.53. The quantitative estimate of drug-likeness (QED) is 0.839. The Morgan fingerprint density at radius 2 is 2.12 bits per heavy atom. The zero-order valence-electron chi connectivity index (χ0n) is 15.0. The number of carbonyl (C=O) groups is 1. The Balaban J connectivity index is 1.48. The van der Waals surface area contributed by atoms with Crippen LogP contribution in [0.25, 0.3) is 0 Å². The third kappa shape index (κ3) is 3.53. The van der Waals surface area contributed by atoms with E-state index in [1.165, 1.54) is 5.56 Å². The van der Waals surface area contributed by atoms with Crippen LogP contribution in [0.3, 0.4) is 0 Å². The van der Waals surface area contributed by atoms with E-state index < -0.39 is 0 Å². The molecule has 0 N–H and O–H groups in total. The van der Waals surface area contributed by atoms with Crippen LogP contribution in [-0.2, 0) is 16.1 Å². The maximum absolute atomic E-state index is 13.1. The Labute approximate surface area is 149 Å². The van der Waals surface area contributed by atoms with Crippen molar-refractivity contribution in [2.45, 2.75) is 31.9 Å². The first-order chi connectivity index (χ1) is 12.2. The van der Waals surface area contributed by atoms with E-state index in [0.29, 0.717) is 11.8 Å². The lowest BCUT2D eigenvalue weighted by Gasteiger charge is -2.40. The van der Waals surface area contributed by atoms with Gasteiger partial charge in [0.15, 0.2) is 0 Å². The van der Waals surface area contributed by atoms with Gasteiger partial charge in [-0.15, -0.1) is 0 Å². The number of piperidine rings is 1. The van der Waals surface area contributed by atoms with E-state index in [2.05, 4.69) is 21.9 Å². The van der Waals surface area contributed by atoms with Gasteiger partial charge in [0.25, 0.3) is 0 Å². The molecular weight excluding hydrogens is 316 g/mol. The lowest BCUT2D eigenvalue weighted by atomic mass is 9.81. The van der Waals surface area contributed by atoms with Gasteiger partial charge in [-0.1, -0.05) is 12.1 Å². The number of likely N-dealkylation sites (tertiary alicyclic amines) is 2. The molecule has 25 heavy (non-hydrogen) atoms. The highest BCUT2D eigenvalue weighted by Crippen LogP contribution is 2.36. The lowest BCUT2D eigenvalue weighted by Crippen LogP contribution is -2.52. The molecule has 0 bridgehead atoms. The first kappa shape index (κ1) is 16.9. The molecule has 0 saturated carbocycles. The Morgan fingerprint density at radius 3 is 2.92 bits per heavy atom. The molecule has 5 heteroatoms. The third-order valence-electron chi connectivity index (χ3n) is 5.95. The largest absolute Gasteiger partial charge is 0.497 e. The fourth-order valence-electron chi connectivity index (χ4n) is 4.65. The second kappa shape index (κ2) is 7.34. The summed E-state index contributed by atoms with van der Waals surface area (Å²) < 4.78 is 11.3. The van der Waals surface area contributed by atoms with Gasteiger partial charge in [-0.3, -0.25) is 9.69 Å². The zero-order valence-corrected chi connectivity index (χ0v) is 15.0. The van der Waals surface area contributed by atoms with Crippen molar-refractivity contribution in [1.29, 1.82) is 0 Å². The minimum absolute atomic E-state index is 0.0879. The molecule has 1 aromatic carbocycles. The second-order valence-corrected chi connectivity index (χ2v) is 7.55. The van der Waals surface area contributed by atoms with Crippen molar-refractivity contribution in [2.24, 2.45) is 11.8 Å². The summed E-state index contributed by atoms with van der Waals surface area (Å²) in [7, 11) is 1.70. The fraction of sp³-hybridized carbons (Fsp3) is 0.650. The molecule has 0 aromatic heterocycles. The number of hydrogen-bond donors (Lipinski definition) is 0. The van der Waals surface area contributed by atoms with Gasteiger partial charge in [0, 0.05) is 45.2 Å². The topological polar surface area (TPSA) is 42.0 Å². The summed E-state index contributed by atoms with van der Waals surface area (Å²) in [6, 6.07) is 8.20. The van der Waals surface area contributed by atoms with Gasteiger partial charge < -0.3 is 14.4 Å². The molecule has 1 amide bonds. The Kier molecular flexibility index (Phi) is 4.95. The van der Waals surface area contributed by atoms with Crippen LogP contribution < -0.4 is 4.74 Å². The maximum atomic E-state index is 13.1. The molecule has 0 unspecified atom stereocenters. The molecule has 3 heterocycles. The van der Waals surface area contributed by atoms with Crippen molar-refractivity contribution in [1.82, 2.24) is 9.80 Å². The highest BCUT2D eigenvalue weighted by molar-refractivity contribution is 5.80. The number of amides is 1. The molecule has 3 saturated heterocycles. The van der Waals surface area contributed by atoms with Gasteiger partial charge >= 0.3 is 0 Å². The van der Waals surface area contributed by atoms with Crippen LogP contribution >= 0.6 is 0 Å². The van der Waals surface area contributed by atoms with Crippen LogP contribution in [0.1, 0.15) is 24.8 Å². The summed E-state index contributed by atoms with van der Waals surface area (Å²) in [6.45, 7) is 5.27. The van der Waals surface area contributed by atoms with Crippen LogP contribution in [0.2, 0.25) is 0 Å². The highest BCUT2D eigenvalue weighted by Gasteiger charge is 2.45. The summed E-state index contributed by atoms with van der Waals surface area (Å²) in [5.41, 5.74) is 1.23. The van der Waals surface area contributed by atoms with Crippen LogP contribution in [0.4, 0.5) is 0 Å². The smallest absolute Gasteiger partial charge is 0.227 e. The van der Waals surface area contributed by atoms with Crippen molar-refractivity contribution in [2.75, 3.05) is 39.9 Å². The molecule has 1 aromatic rings. The van der Waals surface area contributed by atoms with Gasteiger partial charge in [0.1, 0.15) is 5.75 Å². The van der Waals surface area contributed by atoms with E-state index >= 15 is 0 Å². The summed E-state index contributed by atoms with van der Waals surface area (Å²) >= 11 is 0.